The molecule has 0 spiro atoms. The maximum absolute atomic E-state index is 12.2. The molecular weight excluding hydrogens is 420 g/mol. The number of carbonyl (C=O) groups is 2. The van der Waals surface area contributed by atoms with Crippen LogP contribution in [0.1, 0.15) is 20.7 Å². The largest absolute Gasteiger partial charge is 0.493 e. The van der Waals surface area contributed by atoms with Crippen LogP contribution in [0.5, 0.6) is 17.2 Å². The molecule has 0 aliphatic rings. The lowest BCUT2D eigenvalue weighted by atomic mass is 9.95. The van der Waals surface area contributed by atoms with E-state index in [4.69, 9.17) is 19.9 Å². The highest BCUT2D eigenvalue weighted by atomic mass is 16.5. The molecule has 166 valence electrons. The molecule has 0 fully saturated rings. The summed E-state index contributed by atoms with van der Waals surface area (Å²) in [4.78, 5) is 37.7. The van der Waals surface area contributed by atoms with E-state index in [-0.39, 0.29) is 30.1 Å². The van der Waals surface area contributed by atoms with Crippen LogP contribution in [0, 0.1) is 0 Å². The lowest BCUT2D eigenvalue weighted by Crippen LogP contribution is -2.24. The van der Waals surface area contributed by atoms with Crippen molar-refractivity contribution in [2.75, 3.05) is 26.1 Å². The second kappa shape index (κ2) is 9.56. The van der Waals surface area contributed by atoms with E-state index in [0.29, 0.717) is 11.5 Å². The highest BCUT2D eigenvalue weighted by Gasteiger charge is 2.27. The van der Waals surface area contributed by atoms with Gasteiger partial charge in [-0.3, -0.25) is 4.79 Å². The summed E-state index contributed by atoms with van der Waals surface area (Å²) in [5.41, 5.74) is 3.14. The third-order valence-corrected chi connectivity index (χ3v) is 4.48. The first kappa shape index (κ1) is 22.2. The van der Waals surface area contributed by atoms with Gasteiger partial charge < -0.3 is 35.1 Å². The number of aromatic carboxylic acids is 2. The third kappa shape index (κ3) is 4.64. The molecule has 0 aliphatic carbocycles. The SMILES string of the molecule is COc1cc(-c2c(C(=O)O)c(N)[nH]c(=O)c2C(=O)O)ccc1OCCOc1ccccc1. The first-order chi connectivity index (χ1) is 15.3. The van der Waals surface area contributed by atoms with Crippen molar-refractivity contribution in [2.24, 2.45) is 0 Å². The Labute approximate surface area is 181 Å². The molecule has 1 heterocycles. The summed E-state index contributed by atoms with van der Waals surface area (Å²) >= 11 is 0. The standard InChI is InChI=1S/C22H20N2O8/c1-30-15-11-12(7-8-14(15)32-10-9-31-13-5-3-2-4-6-13)16-17(21(26)27)19(23)24-20(25)18(16)22(28)29/h2-8,11H,9-10H2,1H3,(H,26,27)(H,28,29)(H3,23,24,25). The Morgan fingerprint density at radius 2 is 1.59 bits per heavy atom. The molecule has 0 radical (unpaired) electrons. The van der Waals surface area contributed by atoms with Crippen molar-refractivity contribution in [3.63, 3.8) is 0 Å². The molecule has 0 atom stereocenters. The van der Waals surface area contributed by atoms with Crippen molar-refractivity contribution in [1.82, 2.24) is 4.98 Å². The molecule has 3 aromatic rings. The lowest BCUT2D eigenvalue weighted by molar-refractivity contribution is 0.0695. The second-order valence-electron chi connectivity index (χ2n) is 6.48. The number of pyridine rings is 1. The maximum Gasteiger partial charge on any atom is 0.342 e. The van der Waals surface area contributed by atoms with Crippen molar-refractivity contribution >= 4 is 17.8 Å². The zero-order valence-electron chi connectivity index (χ0n) is 17.0. The van der Waals surface area contributed by atoms with E-state index < -0.39 is 34.4 Å². The van der Waals surface area contributed by atoms with Gasteiger partial charge in [0.15, 0.2) is 11.5 Å². The predicted molar refractivity (Wildman–Crippen MR) is 115 cm³/mol. The zero-order valence-corrected chi connectivity index (χ0v) is 17.0. The second-order valence-corrected chi connectivity index (χ2v) is 6.48. The first-order valence-electron chi connectivity index (χ1n) is 9.34. The fourth-order valence-electron chi connectivity index (χ4n) is 3.11. The summed E-state index contributed by atoms with van der Waals surface area (Å²) < 4.78 is 16.5. The molecule has 0 saturated heterocycles. The number of aromatic nitrogens is 1. The van der Waals surface area contributed by atoms with Crippen LogP contribution < -0.4 is 25.5 Å². The lowest BCUT2D eigenvalue weighted by Gasteiger charge is -2.15. The fraction of sp³-hybridized carbons (Fsp3) is 0.136. The number of carboxylic acid groups (broad SMARTS) is 2. The number of nitrogens with two attached hydrogens (primary N) is 1. The molecule has 10 heteroatoms. The van der Waals surface area contributed by atoms with E-state index >= 15 is 0 Å². The Hall–Kier alpha value is -4.47. The molecular formula is C22H20N2O8. The van der Waals surface area contributed by atoms with Crippen LogP contribution in [0.4, 0.5) is 5.82 Å². The van der Waals surface area contributed by atoms with Gasteiger partial charge in [-0.15, -0.1) is 0 Å². The van der Waals surface area contributed by atoms with Crippen LogP contribution in [-0.2, 0) is 0 Å². The van der Waals surface area contributed by atoms with Gasteiger partial charge in [-0.2, -0.15) is 0 Å². The van der Waals surface area contributed by atoms with E-state index in [1.165, 1.54) is 25.3 Å². The molecule has 1 aromatic heterocycles. The minimum Gasteiger partial charge on any atom is -0.493 e. The number of nitrogens with one attached hydrogen (secondary N) is 1. The van der Waals surface area contributed by atoms with Crippen LogP contribution in [-0.4, -0.2) is 47.5 Å². The molecule has 3 rings (SSSR count). The van der Waals surface area contributed by atoms with Gasteiger partial charge in [-0.25, -0.2) is 9.59 Å². The molecule has 10 nitrogen and oxygen atoms in total. The molecule has 0 saturated carbocycles. The third-order valence-electron chi connectivity index (χ3n) is 4.48. The van der Waals surface area contributed by atoms with Gasteiger partial charge >= 0.3 is 11.9 Å². The average Bonchev–Trinajstić information content (AvgIpc) is 2.76. The summed E-state index contributed by atoms with van der Waals surface area (Å²) in [5.74, 6) is -2.34. The number of anilines is 1. The number of carboxylic acids is 2. The highest BCUT2D eigenvalue weighted by Crippen LogP contribution is 2.36. The van der Waals surface area contributed by atoms with Crippen LogP contribution >= 0.6 is 0 Å². The number of benzene rings is 2. The number of hydrogen-bond acceptors (Lipinski definition) is 7. The monoisotopic (exact) mass is 440 g/mol. The maximum atomic E-state index is 12.2. The van der Waals surface area contributed by atoms with E-state index in [1.54, 1.807) is 0 Å². The Morgan fingerprint density at radius 3 is 2.22 bits per heavy atom. The molecule has 2 aromatic carbocycles. The summed E-state index contributed by atoms with van der Waals surface area (Å²) in [5, 5.41) is 19.1. The van der Waals surface area contributed by atoms with Crippen molar-refractivity contribution in [3.8, 4) is 28.4 Å². The molecule has 0 bridgehead atoms. The number of methoxy groups -OCH3 is 1. The Bertz CT molecular complexity index is 1200. The molecule has 5 N–H and O–H groups in total. The smallest absolute Gasteiger partial charge is 0.342 e. The van der Waals surface area contributed by atoms with Gasteiger partial charge in [0, 0.05) is 5.56 Å². The molecule has 0 unspecified atom stereocenters. The van der Waals surface area contributed by atoms with E-state index in [9.17, 15) is 24.6 Å². The number of H-pyrrole nitrogens is 1. The van der Waals surface area contributed by atoms with Crippen LogP contribution in [0.3, 0.4) is 0 Å². The fourth-order valence-corrected chi connectivity index (χ4v) is 3.11. The number of aromatic amines is 1. The van der Waals surface area contributed by atoms with Gasteiger partial charge in [-0.05, 0) is 29.8 Å². The predicted octanol–water partition coefficient (Wildman–Crippen LogP) is 2.49. The number of hydrogen-bond donors (Lipinski definition) is 4. The van der Waals surface area contributed by atoms with Gasteiger partial charge in [-0.1, -0.05) is 24.3 Å². The van der Waals surface area contributed by atoms with Gasteiger partial charge in [0.25, 0.3) is 5.56 Å². The summed E-state index contributed by atoms with van der Waals surface area (Å²) in [6.07, 6.45) is 0. The van der Waals surface area contributed by atoms with Crippen molar-refractivity contribution in [3.05, 3.63) is 70.0 Å². The Balaban J connectivity index is 1.93. The number of para-hydroxylation sites is 1. The Morgan fingerprint density at radius 1 is 0.938 bits per heavy atom. The zero-order chi connectivity index (χ0) is 23.3. The van der Waals surface area contributed by atoms with E-state index in [2.05, 4.69) is 4.98 Å². The average molecular weight is 440 g/mol. The van der Waals surface area contributed by atoms with Crippen molar-refractivity contribution in [2.45, 2.75) is 0 Å². The minimum atomic E-state index is -1.60. The van der Waals surface area contributed by atoms with Crippen LogP contribution in [0.25, 0.3) is 11.1 Å². The number of ether oxygens (including phenoxy) is 3. The van der Waals surface area contributed by atoms with Crippen LogP contribution in [0.2, 0.25) is 0 Å². The number of rotatable bonds is 9. The summed E-state index contributed by atoms with van der Waals surface area (Å²) in [6.45, 7) is 0.440. The molecule has 0 amide bonds. The highest BCUT2D eigenvalue weighted by molar-refractivity contribution is 6.07. The van der Waals surface area contributed by atoms with Crippen molar-refractivity contribution < 1.29 is 34.0 Å². The minimum absolute atomic E-state index is 0.113. The van der Waals surface area contributed by atoms with Gasteiger partial charge in [0.2, 0.25) is 0 Å². The summed E-state index contributed by atoms with van der Waals surface area (Å²) in [6, 6.07) is 13.4. The van der Waals surface area contributed by atoms with E-state index in [1.807, 2.05) is 30.3 Å². The van der Waals surface area contributed by atoms with E-state index in [0.717, 1.165) is 0 Å². The van der Waals surface area contributed by atoms with Crippen LogP contribution in [0.15, 0.2) is 53.3 Å². The molecule has 0 aliphatic heterocycles. The molecule has 32 heavy (non-hydrogen) atoms. The summed E-state index contributed by atoms with van der Waals surface area (Å²) in [7, 11) is 1.37. The Kier molecular flexibility index (Phi) is 6.64. The quantitative estimate of drug-likeness (QED) is 0.366. The first-order valence-corrected chi connectivity index (χ1v) is 9.34. The van der Waals surface area contributed by atoms with Crippen molar-refractivity contribution in [1.29, 1.82) is 0 Å². The normalized spacial score (nSPS) is 10.4. The van der Waals surface area contributed by atoms with Gasteiger partial charge in [0.1, 0.15) is 35.9 Å². The number of nitrogen functional groups attached to an aromatic ring is 1. The van der Waals surface area contributed by atoms with Gasteiger partial charge in [0.05, 0.1) is 7.11 Å². The topological polar surface area (TPSA) is 161 Å².